The van der Waals surface area contributed by atoms with E-state index in [1.807, 2.05) is 28.8 Å². The van der Waals surface area contributed by atoms with E-state index < -0.39 is 0 Å². The number of carbonyl (C=O) groups is 1. The van der Waals surface area contributed by atoms with Gasteiger partial charge in [0.25, 0.3) is 0 Å². The van der Waals surface area contributed by atoms with Gasteiger partial charge in [-0.3, -0.25) is 4.79 Å². The third-order valence-electron chi connectivity index (χ3n) is 2.61. The SMILES string of the molecule is CC(C)Cn1c(Cl)c(C=O)c2ccccc21. The van der Waals surface area contributed by atoms with Crippen LogP contribution in [0, 0.1) is 5.92 Å². The number of hydrogen-bond acceptors (Lipinski definition) is 1. The van der Waals surface area contributed by atoms with Crippen molar-refractivity contribution in [1.29, 1.82) is 0 Å². The molecule has 1 aromatic carbocycles. The second-order valence-electron chi connectivity index (χ2n) is 4.34. The lowest BCUT2D eigenvalue weighted by molar-refractivity contribution is 0.112. The van der Waals surface area contributed by atoms with Crippen LogP contribution in [-0.2, 0) is 6.54 Å². The summed E-state index contributed by atoms with van der Waals surface area (Å²) in [5, 5.41) is 1.48. The number of para-hydroxylation sites is 1. The molecule has 16 heavy (non-hydrogen) atoms. The van der Waals surface area contributed by atoms with E-state index in [-0.39, 0.29) is 0 Å². The Kier molecular flexibility index (Phi) is 3.01. The standard InChI is InChI=1S/C13H14ClNO/c1-9(2)7-15-12-6-4-3-5-10(12)11(8-16)13(15)14/h3-6,8-9H,7H2,1-2H3. The molecule has 2 rings (SSSR count). The van der Waals surface area contributed by atoms with Gasteiger partial charge in [0.15, 0.2) is 6.29 Å². The number of rotatable bonds is 3. The van der Waals surface area contributed by atoms with Crippen molar-refractivity contribution in [1.82, 2.24) is 4.57 Å². The molecule has 0 saturated heterocycles. The van der Waals surface area contributed by atoms with Crippen LogP contribution in [-0.4, -0.2) is 10.9 Å². The van der Waals surface area contributed by atoms with E-state index in [0.717, 1.165) is 23.7 Å². The lowest BCUT2D eigenvalue weighted by atomic mass is 10.2. The third-order valence-corrected chi connectivity index (χ3v) is 3.02. The first-order chi connectivity index (χ1) is 7.65. The highest BCUT2D eigenvalue weighted by Gasteiger charge is 2.14. The molecule has 1 aromatic heterocycles. The molecule has 0 bridgehead atoms. The fraction of sp³-hybridized carbons (Fsp3) is 0.308. The Morgan fingerprint density at radius 3 is 2.69 bits per heavy atom. The van der Waals surface area contributed by atoms with Crippen molar-refractivity contribution in [3.8, 4) is 0 Å². The van der Waals surface area contributed by atoms with E-state index in [4.69, 9.17) is 11.6 Å². The highest BCUT2D eigenvalue weighted by Crippen LogP contribution is 2.29. The van der Waals surface area contributed by atoms with E-state index in [2.05, 4.69) is 13.8 Å². The Balaban J connectivity index is 2.72. The Labute approximate surface area is 99.8 Å². The van der Waals surface area contributed by atoms with E-state index in [1.54, 1.807) is 0 Å². The van der Waals surface area contributed by atoms with Crippen LogP contribution >= 0.6 is 11.6 Å². The predicted molar refractivity (Wildman–Crippen MR) is 67.2 cm³/mol. The minimum atomic E-state index is 0.493. The van der Waals surface area contributed by atoms with Crippen LogP contribution in [0.2, 0.25) is 5.15 Å². The number of benzene rings is 1. The van der Waals surface area contributed by atoms with Gasteiger partial charge in [-0.25, -0.2) is 0 Å². The Morgan fingerprint density at radius 1 is 1.38 bits per heavy atom. The van der Waals surface area contributed by atoms with Gasteiger partial charge >= 0.3 is 0 Å². The third kappa shape index (κ3) is 1.74. The Morgan fingerprint density at radius 2 is 2.06 bits per heavy atom. The van der Waals surface area contributed by atoms with E-state index in [0.29, 0.717) is 16.6 Å². The molecule has 0 aliphatic rings. The van der Waals surface area contributed by atoms with Gasteiger partial charge in [-0.2, -0.15) is 0 Å². The molecule has 0 spiro atoms. The summed E-state index contributed by atoms with van der Waals surface area (Å²) in [5.74, 6) is 0.493. The number of nitrogens with zero attached hydrogens (tertiary/aromatic N) is 1. The number of hydrogen-bond donors (Lipinski definition) is 0. The molecular weight excluding hydrogens is 222 g/mol. The number of fused-ring (bicyclic) bond motifs is 1. The zero-order valence-electron chi connectivity index (χ0n) is 9.40. The Bertz CT molecular complexity index is 528. The number of halogens is 1. The van der Waals surface area contributed by atoms with Crippen LogP contribution in [0.15, 0.2) is 24.3 Å². The molecule has 0 unspecified atom stereocenters. The van der Waals surface area contributed by atoms with Gasteiger partial charge in [0.1, 0.15) is 5.15 Å². The first-order valence-electron chi connectivity index (χ1n) is 5.37. The molecule has 1 heterocycles. The van der Waals surface area contributed by atoms with Gasteiger partial charge < -0.3 is 4.57 Å². The van der Waals surface area contributed by atoms with Crippen molar-refractivity contribution in [3.63, 3.8) is 0 Å². The molecule has 3 heteroatoms. The molecule has 0 saturated carbocycles. The maximum Gasteiger partial charge on any atom is 0.153 e. The maximum absolute atomic E-state index is 11.0. The normalized spacial score (nSPS) is 11.2. The lowest BCUT2D eigenvalue weighted by Crippen LogP contribution is -2.04. The molecule has 0 aliphatic heterocycles. The number of carbonyl (C=O) groups excluding carboxylic acids is 1. The van der Waals surface area contributed by atoms with Gasteiger partial charge in [-0.1, -0.05) is 43.6 Å². The lowest BCUT2D eigenvalue weighted by Gasteiger charge is -2.09. The van der Waals surface area contributed by atoms with Crippen LogP contribution in [0.25, 0.3) is 10.9 Å². The topological polar surface area (TPSA) is 22.0 Å². The molecule has 0 atom stereocenters. The fourth-order valence-corrected chi connectivity index (χ4v) is 2.26. The predicted octanol–water partition coefficient (Wildman–Crippen LogP) is 3.76. The van der Waals surface area contributed by atoms with Gasteiger partial charge in [0, 0.05) is 17.4 Å². The van der Waals surface area contributed by atoms with Crippen molar-refractivity contribution in [2.24, 2.45) is 5.92 Å². The van der Waals surface area contributed by atoms with E-state index in [1.165, 1.54) is 0 Å². The quantitative estimate of drug-likeness (QED) is 0.743. The molecule has 84 valence electrons. The Hall–Kier alpha value is -1.28. The summed E-state index contributed by atoms with van der Waals surface area (Å²) < 4.78 is 2.01. The molecule has 0 aliphatic carbocycles. The average molecular weight is 236 g/mol. The highest BCUT2D eigenvalue weighted by molar-refractivity contribution is 6.34. The molecular formula is C13H14ClNO. The van der Waals surface area contributed by atoms with Crippen LogP contribution in [0.1, 0.15) is 24.2 Å². The average Bonchev–Trinajstić information content (AvgIpc) is 2.52. The summed E-state index contributed by atoms with van der Waals surface area (Å²) in [5.41, 5.74) is 1.63. The smallest absolute Gasteiger partial charge is 0.153 e. The largest absolute Gasteiger partial charge is 0.331 e. The number of aromatic nitrogens is 1. The van der Waals surface area contributed by atoms with Gasteiger partial charge in [-0.05, 0) is 12.0 Å². The summed E-state index contributed by atoms with van der Waals surface area (Å²) in [6.07, 6.45) is 0.835. The second-order valence-corrected chi connectivity index (χ2v) is 4.70. The number of aldehydes is 1. The van der Waals surface area contributed by atoms with Crippen molar-refractivity contribution in [2.45, 2.75) is 20.4 Å². The molecule has 2 aromatic rings. The summed E-state index contributed by atoms with van der Waals surface area (Å²) >= 11 is 6.23. The van der Waals surface area contributed by atoms with Gasteiger partial charge in [0.2, 0.25) is 0 Å². The maximum atomic E-state index is 11.0. The highest BCUT2D eigenvalue weighted by atomic mass is 35.5. The fourth-order valence-electron chi connectivity index (χ4n) is 1.95. The minimum absolute atomic E-state index is 0.493. The summed E-state index contributed by atoms with van der Waals surface area (Å²) in [6, 6.07) is 7.81. The van der Waals surface area contributed by atoms with Crippen molar-refractivity contribution < 1.29 is 4.79 Å². The van der Waals surface area contributed by atoms with Crippen LogP contribution < -0.4 is 0 Å². The summed E-state index contributed by atoms with van der Waals surface area (Å²) in [6.45, 7) is 5.09. The molecule has 0 fully saturated rings. The van der Waals surface area contributed by atoms with Crippen LogP contribution in [0.3, 0.4) is 0 Å². The van der Waals surface area contributed by atoms with E-state index >= 15 is 0 Å². The zero-order chi connectivity index (χ0) is 11.7. The monoisotopic (exact) mass is 235 g/mol. The van der Waals surface area contributed by atoms with Crippen molar-refractivity contribution in [2.75, 3.05) is 0 Å². The van der Waals surface area contributed by atoms with Gasteiger partial charge in [-0.15, -0.1) is 0 Å². The first-order valence-corrected chi connectivity index (χ1v) is 5.75. The van der Waals surface area contributed by atoms with E-state index in [9.17, 15) is 4.79 Å². The molecule has 0 amide bonds. The second kappa shape index (κ2) is 4.30. The molecule has 2 nitrogen and oxygen atoms in total. The zero-order valence-corrected chi connectivity index (χ0v) is 10.2. The molecule has 0 N–H and O–H groups in total. The van der Waals surface area contributed by atoms with Crippen LogP contribution in [0.4, 0.5) is 0 Å². The van der Waals surface area contributed by atoms with Gasteiger partial charge in [0.05, 0.1) is 5.56 Å². The van der Waals surface area contributed by atoms with Crippen molar-refractivity contribution >= 4 is 28.8 Å². The summed E-state index contributed by atoms with van der Waals surface area (Å²) in [4.78, 5) is 11.0. The van der Waals surface area contributed by atoms with Crippen LogP contribution in [0.5, 0.6) is 0 Å². The minimum Gasteiger partial charge on any atom is -0.331 e. The first kappa shape index (κ1) is 11.2. The van der Waals surface area contributed by atoms with Crippen molar-refractivity contribution in [3.05, 3.63) is 35.0 Å². The summed E-state index contributed by atoms with van der Waals surface area (Å²) in [7, 11) is 0. The molecule has 0 radical (unpaired) electrons.